The van der Waals surface area contributed by atoms with Gasteiger partial charge in [-0.15, -0.1) is 0 Å². The van der Waals surface area contributed by atoms with E-state index >= 15 is 0 Å². The van der Waals surface area contributed by atoms with Crippen molar-refractivity contribution in [3.05, 3.63) is 72.2 Å². The summed E-state index contributed by atoms with van der Waals surface area (Å²) >= 11 is 6.60. The van der Waals surface area contributed by atoms with Crippen LogP contribution in [0.1, 0.15) is 24.6 Å². The van der Waals surface area contributed by atoms with Gasteiger partial charge in [0.1, 0.15) is 23.3 Å². The highest BCUT2D eigenvalue weighted by atomic mass is 35.5. The van der Waals surface area contributed by atoms with Crippen molar-refractivity contribution in [3.8, 4) is 28.8 Å². The van der Waals surface area contributed by atoms with E-state index in [1.54, 1.807) is 35.4 Å². The predicted molar refractivity (Wildman–Crippen MR) is 136 cm³/mol. The van der Waals surface area contributed by atoms with E-state index < -0.39 is 0 Å². The Labute approximate surface area is 212 Å². The molecule has 1 aliphatic heterocycles. The lowest BCUT2D eigenvalue weighted by atomic mass is 10.1. The zero-order chi connectivity index (χ0) is 25.2. The van der Waals surface area contributed by atoms with Gasteiger partial charge in [-0.25, -0.2) is 9.97 Å². The molecule has 1 saturated heterocycles. The highest BCUT2D eigenvalue weighted by Crippen LogP contribution is 2.38. The minimum atomic E-state index is -0.104. The number of piperidine rings is 1. The molecule has 1 aromatic carbocycles. The summed E-state index contributed by atoms with van der Waals surface area (Å²) in [4.78, 5) is 22.3. The molecule has 10 heteroatoms. The fourth-order valence-electron chi connectivity index (χ4n) is 4.47. The summed E-state index contributed by atoms with van der Waals surface area (Å²) in [5.41, 5.74) is 8.62. The molecule has 0 radical (unpaired) electrons. The Bertz CT molecular complexity index is 1510. The third-order valence-electron chi connectivity index (χ3n) is 6.17. The van der Waals surface area contributed by atoms with Crippen molar-refractivity contribution >= 4 is 34.2 Å². The summed E-state index contributed by atoms with van der Waals surface area (Å²) in [5, 5.41) is 15.3. The van der Waals surface area contributed by atoms with Crippen molar-refractivity contribution in [1.82, 2.24) is 24.6 Å². The first kappa shape index (κ1) is 23.3. The molecule has 0 aliphatic carbocycles. The number of benzene rings is 1. The monoisotopic (exact) mass is 499 g/mol. The molecule has 180 valence electrons. The van der Waals surface area contributed by atoms with Crippen molar-refractivity contribution in [2.75, 3.05) is 18.8 Å². The number of nitrogen functional groups attached to an aromatic ring is 1. The number of nitriles is 1. The number of aromatic nitrogens is 4. The van der Waals surface area contributed by atoms with Crippen LogP contribution in [-0.2, 0) is 4.79 Å². The van der Waals surface area contributed by atoms with Crippen LogP contribution in [0.5, 0.6) is 11.5 Å². The molecule has 4 aromatic rings. The van der Waals surface area contributed by atoms with Crippen molar-refractivity contribution in [1.29, 1.82) is 5.26 Å². The number of fused-ring (bicyclic) bond motifs is 1. The molecule has 36 heavy (non-hydrogen) atoms. The summed E-state index contributed by atoms with van der Waals surface area (Å²) in [7, 11) is 0. The molecule has 1 amide bonds. The minimum absolute atomic E-state index is 0.0733. The lowest BCUT2D eigenvalue weighted by Gasteiger charge is -2.32. The summed E-state index contributed by atoms with van der Waals surface area (Å²) < 4.78 is 7.72. The minimum Gasteiger partial charge on any atom is -0.454 e. The third kappa shape index (κ3) is 4.23. The zero-order valence-electron chi connectivity index (χ0n) is 19.3. The Morgan fingerprint density at radius 2 is 2.08 bits per heavy atom. The van der Waals surface area contributed by atoms with E-state index in [4.69, 9.17) is 27.2 Å². The maximum atomic E-state index is 12.2. The van der Waals surface area contributed by atoms with Crippen molar-refractivity contribution in [2.45, 2.75) is 18.9 Å². The molecule has 0 spiro atoms. The van der Waals surface area contributed by atoms with Crippen molar-refractivity contribution in [2.24, 2.45) is 0 Å². The number of halogens is 1. The van der Waals surface area contributed by atoms with Gasteiger partial charge < -0.3 is 15.4 Å². The number of hydrogen-bond donors (Lipinski definition) is 1. The molecule has 9 nitrogen and oxygen atoms in total. The molecule has 1 fully saturated rings. The summed E-state index contributed by atoms with van der Waals surface area (Å²) in [6.45, 7) is 4.78. The lowest BCUT2D eigenvalue weighted by Crippen LogP contribution is -2.40. The number of nitrogens with zero attached hydrogens (tertiary/aromatic N) is 6. The van der Waals surface area contributed by atoms with Crippen LogP contribution < -0.4 is 10.5 Å². The number of pyridine rings is 2. The smallest absolute Gasteiger partial charge is 0.246 e. The normalized spacial score (nSPS) is 15.4. The maximum absolute atomic E-state index is 12.2. The van der Waals surface area contributed by atoms with Crippen LogP contribution in [0.3, 0.4) is 0 Å². The van der Waals surface area contributed by atoms with Gasteiger partial charge in [-0.05, 0) is 55.3 Å². The van der Waals surface area contributed by atoms with Crippen LogP contribution in [0, 0.1) is 11.3 Å². The molecule has 3 aromatic heterocycles. The van der Waals surface area contributed by atoms with Crippen LogP contribution in [0.4, 0.5) is 5.82 Å². The third-order valence-corrected chi connectivity index (χ3v) is 6.45. The fraction of sp³-hybridized carbons (Fsp3) is 0.192. The van der Waals surface area contributed by atoms with Gasteiger partial charge in [-0.3, -0.25) is 9.48 Å². The van der Waals surface area contributed by atoms with E-state index in [0.717, 1.165) is 18.4 Å². The molecule has 0 bridgehead atoms. The second-order valence-electron chi connectivity index (χ2n) is 8.38. The summed E-state index contributed by atoms with van der Waals surface area (Å²) in [6, 6.07) is 12.6. The molecule has 4 heterocycles. The molecule has 2 N–H and O–H groups in total. The van der Waals surface area contributed by atoms with Gasteiger partial charge in [0, 0.05) is 24.8 Å². The summed E-state index contributed by atoms with van der Waals surface area (Å²) in [5.74, 6) is 1.13. The van der Waals surface area contributed by atoms with Crippen LogP contribution in [0.25, 0.3) is 22.2 Å². The van der Waals surface area contributed by atoms with Crippen LogP contribution in [0.2, 0.25) is 5.02 Å². The number of ether oxygens (including phenoxy) is 1. The highest BCUT2D eigenvalue weighted by molar-refractivity contribution is 6.35. The van der Waals surface area contributed by atoms with E-state index in [1.807, 2.05) is 22.9 Å². The molecule has 5 rings (SSSR count). The number of amides is 1. The Kier molecular flexibility index (Phi) is 6.27. The number of anilines is 1. The molecule has 1 atom stereocenters. The number of nitrogens with two attached hydrogens (primary N) is 1. The van der Waals surface area contributed by atoms with Crippen molar-refractivity contribution < 1.29 is 9.53 Å². The topological polar surface area (TPSA) is 123 Å². The van der Waals surface area contributed by atoms with E-state index in [2.05, 4.69) is 16.5 Å². The van der Waals surface area contributed by atoms with E-state index in [1.165, 1.54) is 12.3 Å². The second-order valence-corrected chi connectivity index (χ2v) is 8.79. The number of rotatable bonds is 5. The van der Waals surface area contributed by atoms with Crippen LogP contribution in [0.15, 0.2) is 61.4 Å². The summed E-state index contributed by atoms with van der Waals surface area (Å²) in [6.07, 6.45) is 6.07. The van der Waals surface area contributed by atoms with E-state index in [0.29, 0.717) is 52.0 Å². The average molecular weight is 500 g/mol. The van der Waals surface area contributed by atoms with Gasteiger partial charge in [-0.2, -0.15) is 10.4 Å². The second kappa shape index (κ2) is 9.68. The molecule has 1 aliphatic rings. The largest absolute Gasteiger partial charge is 0.454 e. The van der Waals surface area contributed by atoms with Gasteiger partial charge >= 0.3 is 0 Å². The first-order valence-corrected chi connectivity index (χ1v) is 11.7. The Morgan fingerprint density at radius 3 is 2.83 bits per heavy atom. The first-order valence-electron chi connectivity index (χ1n) is 11.4. The van der Waals surface area contributed by atoms with Crippen LogP contribution >= 0.6 is 11.6 Å². The quantitative estimate of drug-likeness (QED) is 0.393. The van der Waals surface area contributed by atoms with Gasteiger partial charge in [-0.1, -0.05) is 18.2 Å². The molecular formula is C26H22ClN7O2. The fourth-order valence-corrected chi connectivity index (χ4v) is 4.70. The Morgan fingerprint density at radius 1 is 1.28 bits per heavy atom. The molecule has 0 saturated carbocycles. The van der Waals surface area contributed by atoms with Gasteiger partial charge in [0.15, 0.2) is 11.4 Å². The molecular weight excluding hydrogens is 478 g/mol. The molecule has 0 unspecified atom stereocenters. The number of likely N-dealkylation sites (tertiary alicyclic amines) is 1. The Hall–Kier alpha value is -4.42. The lowest BCUT2D eigenvalue weighted by molar-refractivity contribution is -0.127. The zero-order valence-corrected chi connectivity index (χ0v) is 20.0. The first-order chi connectivity index (χ1) is 17.5. The van der Waals surface area contributed by atoms with Gasteiger partial charge in [0.25, 0.3) is 0 Å². The van der Waals surface area contributed by atoms with Gasteiger partial charge in [0.05, 0.1) is 28.2 Å². The standard InChI is InChI=1S/C26H22ClN7O2/c1-2-22(35)33-12-4-5-17(15-33)34-25-19(27)14-31-26(29)23(25)24(32-34)16-7-9-18(10-8-16)36-21-6-3-11-30-20(21)13-28/h2-3,6-11,14,17H,1,4-5,12,15H2,(H2,29,31)/t17-/m1/s1. The van der Waals surface area contributed by atoms with Crippen LogP contribution in [-0.4, -0.2) is 43.6 Å². The average Bonchev–Trinajstić information content (AvgIpc) is 3.33. The van der Waals surface area contributed by atoms with Crippen molar-refractivity contribution in [3.63, 3.8) is 0 Å². The van der Waals surface area contributed by atoms with Gasteiger partial charge in [0.2, 0.25) is 5.91 Å². The SMILES string of the molecule is C=CC(=O)N1CCC[C@@H](n2nc(-c3ccc(Oc4cccnc4C#N)cc3)c3c(N)ncc(Cl)c32)C1. The number of carbonyl (C=O) groups excluding carboxylic acids is 1. The highest BCUT2D eigenvalue weighted by Gasteiger charge is 2.28. The Balaban J connectivity index is 1.53. The van der Waals surface area contributed by atoms with E-state index in [-0.39, 0.29) is 17.6 Å². The predicted octanol–water partition coefficient (Wildman–Crippen LogP) is 4.74. The number of carbonyl (C=O) groups is 1. The number of hydrogen-bond acceptors (Lipinski definition) is 7. The maximum Gasteiger partial charge on any atom is 0.246 e. The van der Waals surface area contributed by atoms with E-state index in [9.17, 15) is 10.1 Å².